The standard InChI is InChI=1S/C15H21NO4S/c17-10-13-3-1-2-12(13)9-16-21(18,19)14-4-5-15-11(8-14)6-7-20-15/h4-5,8,12-13,16-17H,1-3,6-7,9-10H2. The summed E-state index contributed by atoms with van der Waals surface area (Å²) in [6.45, 7) is 1.16. The zero-order valence-corrected chi connectivity index (χ0v) is 12.7. The van der Waals surface area contributed by atoms with Crippen LogP contribution in [-0.4, -0.2) is 33.3 Å². The molecule has 2 unspecified atom stereocenters. The fourth-order valence-electron chi connectivity index (χ4n) is 3.25. The minimum atomic E-state index is -3.49. The Morgan fingerprint density at radius 2 is 2.10 bits per heavy atom. The Balaban J connectivity index is 1.69. The number of hydrogen-bond acceptors (Lipinski definition) is 4. The molecule has 1 heterocycles. The van der Waals surface area contributed by atoms with Crippen molar-refractivity contribution in [2.75, 3.05) is 19.8 Å². The second-order valence-electron chi connectivity index (χ2n) is 5.85. The van der Waals surface area contributed by atoms with Gasteiger partial charge in [0.1, 0.15) is 5.75 Å². The van der Waals surface area contributed by atoms with Crippen molar-refractivity contribution < 1.29 is 18.3 Å². The molecule has 0 spiro atoms. The van der Waals surface area contributed by atoms with Gasteiger partial charge in [0, 0.05) is 19.6 Å². The summed E-state index contributed by atoms with van der Waals surface area (Å²) in [7, 11) is -3.49. The number of aliphatic hydroxyl groups excluding tert-OH is 1. The maximum absolute atomic E-state index is 12.4. The fraction of sp³-hybridized carbons (Fsp3) is 0.600. The Morgan fingerprint density at radius 1 is 1.29 bits per heavy atom. The zero-order chi connectivity index (χ0) is 14.9. The predicted molar refractivity (Wildman–Crippen MR) is 78.7 cm³/mol. The largest absolute Gasteiger partial charge is 0.493 e. The molecule has 3 rings (SSSR count). The molecule has 116 valence electrons. The highest BCUT2D eigenvalue weighted by Crippen LogP contribution is 2.31. The van der Waals surface area contributed by atoms with Gasteiger partial charge >= 0.3 is 0 Å². The molecule has 1 aromatic carbocycles. The van der Waals surface area contributed by atoms with Crippen molar-refractivity contribution >= 4 is 10.0 Å². The zero-order valence-electron chi connectivity index (χ0n) is 11.9. The molecule has 1 aromatic rings. The van der Waals surface area contributed by atoms with Crippen molar-refractivity contribution in [3.05, 3.63) is 23.8 Å². The van der Waals surface area contributed by atoms with Crippen LogP contribution in [0.1, 0.15) is 24.8 Å². The Morgan fingerprint density at radius 3 is 2.90 bits per heavy atom. The summed E-state index contributed by atoms with van der Waals surface area (Å²) in [4.78, 5) is 0.297. The van der Waals surface area contributed by atoms with E-state index in [1.807, 2.05) is 0 Å². The van der Waals surface area contributed by atoms with Crippen LogP contribution < -0.4 is 9.46 Å². The molecule has 2 atom stereocenters. The molecule has 0 aromatic heterocycles. The van der Waals surface area contributed by atoms with Crippen LogP contribution in [0.15, 0.2) is 23.1 Å². The lowest BCUT2D eigenvalue weighted by Crippen LogP contribution is -2.31. The van der Waals surface area contributed by atoms with E-state index in [0.717, 1.165) is 37.0 Å². The molecule has 2 aliphatic rings. The van der Waals surface area contributed by atoms with E-state index < -0.39 is 10.0 Å². The summed E-state index contributed by atoms with van der Waals surface area (Å²) < 4.78 is 32.8. The van der Waals surface area contributed by atoms with Gasteiger partial charge in [-0.25, -0.2) is 13.1 Å². The molecule has 0 radical (unpaired) electrons. The summed E-state index contributed by atoms with van der Waals surface area (Å²) in [5, 5.41) is 9.30. The summed E-state index contributed by atoms with van der Waals surface area (Å²) in [5.74, 6) is 1.24. The van der Waals surface area contributed by atoms with Crippen molar-refractivity contribution in [2.24, 2.45) is 11.8 Å². The van der Waals surface area contributed by atoms with Gasteiger partial charge in [0.25, 0.3) is 0 Å². The number of benzene rings is 1. The lowest BCUT2D eigenvalue weighted by atomic mass is 9.97. The van der Waals surface area contributed by atoms with E-state index in [4.69, 9.17) is 4.74 Å². The third kappa shape index (κ3) is 3.07. The Bertz CT molecular complexity index is 614. The molecule has 6 heteroatoms. The van der Waals surface area contributed by atoms with Gasteiger partial charge in [-0.15, -0.1) is 0 Å². The maximum Gasteiger partial charge on any atom is 0.240 e. The lowest BCUT2D eigenvalue weighted by Gasteiger charge is -2.18. The van der Waals surface area contributed by atoms with Gasteiger partial charge in [0.05, 0.1) is 11.5 Å². The number of nitrogens with one attached hydrogen (secondary N) is 1. The molecule has 2 N–H and O–H groups in total. The molecule has 1 aliphatic heterocycles. The van der Waals surface area contributed by atoms with Crippen LogP contribution in [0.4, 0.5) is 0 Å². The van der Waals surface area contributed by atoms with Gasteiger partial charge in [-0.05, 0) is 48.4 Å². The minimum Gasteiger partial charge on any atom is -0.493 e. The number of rotatable bonds is 5. The highest BCUT2D eigenvalue weighted by molar-refractivity contribution is 7.89. The highest BCUT2D eigenvalue weighted by Gasteiger charge is 2.28. The van der Waals surface area contributed by atoms with Crippen LogP contribution in [-0.2, 0) is 16.4 Å². The Labute approximate surface area is 125 Å². The second-order valence-corrected chi connectivity index (χ2v) is 7.62. The number of hydrogen-bond donors (Lipinski definition) is 2. The van der Waals surface area contributed by atoms with Crippen LogP contribution in [0, 0.1) is 11.8 Å². The van der Waals surface area contributed by atoms with Crippen molar-refractivity contribution in [1.82, 2.24) is 4.72 Å². The van der Waals surface area contributed by atoms with E-state index in [9.17, 15) is 13.5 Å². The molecule has 0 amide bonds. The van der Waals surface area contributed by atoms with Crippen LogP contribution >= 0.6 is 0 Å². The Kier molecular flexibility index (Phi) is 4.19. The SMILES string of the molecule is O=S(=O)(NCC1CCCC1CO)c1ccc2c(c1)CCO2. The normalized spacial score (nSPS) is 24.8. The highest BCUT2D eigenvalue weighted by atomic mass is 32.2. The first kappa shape index (κ1) is 14.8. The van der Waals surface area contributed by atoms with Crippen molar-refractivity contribution in [3.8, 4) is 5.75 Å². The molecule has 1 aliphatic carbocycles. The van der Waals surface area contributed by atoms with Crippen molar-refractivity contribution in [1.29, 1.82) is 0 Å². The van der Waals surface area contributed by atoms with Crippen molar-refractivity contribution in [2.45, 2.75) is 30.6 Å². The molecule has 0 saturated heterocycles. The molecular weight excluding hydrogens is 290 g/mol. The number of fused-ring (bicyclic) bond motifs is 1. The third-order valence-corrected chi connectivity index (χ3v) is 5.98. The van der Waals surface area contributed by atoms with Crippen LogP contribution in [0.5, 0.6) is 5.75 Å². The summed E-state index contributed by atoms with van der Waals surface area (Å²) in [5.41, 5.74) is 0.951. The quantitative estimate of drug-likeness (QED) is 0.859. The first-order chi connectivity index (χ1) is 10.1. The monoisotopic (exact) mass is 311 g/mol. The molecular formula is C15H21NO4S. The first-order valence-corrected chi connectivity index (χ1v) is 8.95. The molecule has 0 bridgehead atoms. The van der Waals surface area contributed by atoms with E-state index in [2.05, 4.69) is 4.72 Å². The number of aliphatic hydroxyl groups is 1. The molecule has 5 nitrogen and oxygen atoms in total. The van der Waals surface area contributed by atoms with Crippen LogP contribution in [0.3, 0.4) is 0 Å². The molecule has 1 fully saturated rings. The van der Waals surface area contributed by atoms with Crippen LogP contribution in [0.25, 0.3) is 0 Å². The topological polar surface area (TPSA) is 75.6 Å². The average molecular weight is 311 g/mol. The fourth-order valence-corrected chi connectivity index (χ4v) is 4.40. The van der Waals surface area contributed by atoms with E-state index >= 15 is 0 Å². The van der Waals surface area contributed by atoms with E-state index in [-0.39, 0.29) is 18.4 Å². The van der Waals surface area contributed by atoms with Gasteiger partial charge in [0.2, 0.25) is 10.0 Å². The smallest absolute Gasteiger partial charge is 0.240 e. The van der Waals surface area contributed by atoms with Gasteiger partial charge in [0.15, 0.2) is 0 Å². The number of sulfonamides is 1. The Hall–Kier alpha value is -1.11. The summed E-state index contributed by atoms with van der Waals surface area (Å²) >= 11 is 0. The second kappa shape index (κ2) is 5.94. The third-order valence-electron chi connectivity index (χ3n) is 4.56. The average Bonchev–Trinajstić information content (AvgIpc) is 3.12. The summed E-state index contributed by atoms with van der Waals surface area (Å²) in [6, 6.07) is 5.01. The van der Waals surface area contributed by atoms with E-state index in [1.54, 1.807) is 18.2 Å². The maximum atomic E-state index is 12.4. The lowest BCUT2D eigenvalue weighted by molar-refractivity contribution is 0.195. The van der Waals surface area contributed by atoms with Crippen LogP contribution in [0.2, 0.25) is 0 Å². The number of ether oxygens (including phenoxy) is 1. The van der Waals surface area contributed by atoms with Crippen molar-refractivity contribution in [3.63, 3.8) is 0 Å². The van der Waals surface area contributed by atoms with Gasteiger partial charge < -0.3 is 9.84 Å². The van der Waals surface area contributed by atoms with Gasteiger partial charge in [-0.1, -0.05) is 6.42 Å². The van der Waals surface area contributed by atoms with E-state index in [0.29, 0.717) is 18.0 Å². The van der Waals surface area contributed by atoms with Gasteiger partial charge in [-0.2, -0.15) is 0 Å². The summed E-state index contributed by atoms with van der Waals surface area (Å²) in [6.07, 6.45) is 3.78. The molecule has 21 heavy (non-hydrogen) atoms. The predicted octanol–water partition coefficient (Wildman–Crippen LogP) is 1.31. The van der Waals surface area contributed by atoms with Gasteiger partial charge in [-0.3, -0.25) is 0 Å². The first-order valence-electron chi connectivity index (χ1n) is 7.46. The molecule has 1 saturated carbocycles. The minimum absolute atomic E-state index is 0.141. The van der Waals surface area contributed by atoms with E-state index in [1.165, 1.54) is 0 Å².